The number of fused-ring (bicyclic) bond motifs is 1. The summed E-state index contributed by atoms with van der Waals surface area (Å²) in [7, 11) is 0. The van der Waals surface area contributed by atoms with Crippen molar-refractivity contribution in [1.82, 2.24) is 20.6 Å². The number of carbonyl (C=O) groups is 1. The molecule has 3 atom stereocenters. The van der Waals surface area contributed by atoms with Crippen LogP contribution in [0.4, 0.5) is 13.2 Å². The molecule has 204 valence electrons. The number of carboxylic acids is 1. The molecule has 1 unspecified atom stereocenters. The van der Waals surface area contributed by atoms with Gasteiger partial charge in [-0.1, -0.05) is 52.8 Å². The average Bonchev–Trinajstić information content (AvgIpc) is 3.57. The number of hydrogen-bond acceptors (Lipinski definition) is 9. The van der Waals surface area contributed by atoms with E-state index < -0.39 is 47.2 Å². The standard InChI is InChI=1S/C26H23F3N4O6/c1-13(7-10-19(34)35)30-17-12-37-18-11-15(8-9-16(18)22(17)36)24-31-25(39-33-24)23-20(26(27,28)29)21(32-38-23)14-5-3-2-4-6-14/h2-6,8-9,11,13,17,22,30,36H,7,10,12H2,1H3,(H,34,35)/t13?,17-,22+/m1/s1. The Labute approximate surface area is 219 Å². The smallest absolute Gasteiger partial charge is 0.422 e. The van der Waals surface area contributed by atoms with Gasteiger partial charge in [-0.3, -0.25) is 4.79 Å². The zero-order chi connectivity index (χ0) is 27.7. The SMILES string of the molecule is CC(CCC(=O)O)N[C@@H]1COc2cc(-c3noc(-c4onc(-c5ccccc5)c4C(F)(F)F)n3)ccc2[C@@H]1O. The number of aliphatic hydroxyl groups excluding tert-OH is 1. The molecule has 0 aliphatic carbocycles. The highest BCUT2D eigenvalue weighted by Crippen LogP contribution is 2.43. The van der Waals surface area contributed by atoms with Gasteiger partial charge in [-0.25, -0.2) is 0 Å². The Balaban J connectivity index is 1.38. The molecule has 0 saturated carbocycles. The molecule has 0 radical (unpaired) electrons. The van der Waals surface area contributed by atoms with Crippen molar-refractivity contribution in [3.8, 4) is 40.0 Å². The number of aromatic nitrogens is 3. The van der Waals surface area contributed by atoms with Gasteiger partial charge in [0.15, 0.2) is 0 Å². The van der Waals surface area contributed by atoms with Crippen LogP contribution in [-0.4, -0.2) is 50.2 Å². The quantitative estimate of drug-likeness (QED) is 0.285. The summed E-state index contributed by atoms with van der Waals surface area (Å²) in [4.78, 5) is 14.9. The molecule has 2 aromatic heterocycles. The molecule has 0 saturated heterocycles. The summed E-state index contributed by atoms with van der Waals surface area (Å²) in [6.07, 6.45) is -5.36. The van der Waals surface area contributed by atoms with Gasteiger partial charge in [-0.15, -0.1) is 0 Å². The lowest BCUT2D eigenvalue weighted by molar-refractivity contribution is -0.138. The van der Waals surface area contributed by atoms with Gasteiger partial charge < -0.3 is 29.3 Å². The number of alkyl halides is 3. The number of hydrogen-bond donors (Lipinski definition) is 3. The molecule has 0 spiro atoms. The maximum absolute atomic E-state index is 14.0. The van der Waals surface area contributed by atoms with Crippen LogP contribution >= 0.6 is 0 Å². The van der Waals surface area contributed by atoms with E-state index in [0.717, 1.165) is 0 Å². The first-order valence-corrected chi connectivity index (χ1v) is 12.0. The van der Waals surface area contributed by atoms with Crippen molar-refractivity contribution in [3.05, 3.63) is 59.7 Å². The van der Waals surface area contributed by atoms with Gasteiger partial charge in [0, 0.05) is 29.2 Å². The molecule has 4 aromatic rings. The van der Waals surface area contributed by atoms with Crippen LogP contribution in [0.3, 0.4) is 0 Å². The monoisotopic (exact) mass is 544 g/mol. The number of halogens is 3. The molecule has 0 bridgehead atoms. The Morgan fingerprint density at radius 1 is 1.13 bits per heavy atom. The number of ether oxygens (including phenoxy) is 1. The van der Waals surface area contributed by atoms with Gasteiger partial charge in [0.2, 0.25) is 11.6 Å². The summed E-state index contributed by atoms with van der Waals surface area (Å²) in [5, 5.41) is 30.3. The van der Waals surface area contributed by atoms with E-state index in [4.69, 9.17) is 18.9 Å². The first kappa shape index (κ1) is 26.4. The summed E-state index contributed by atoms with van der Waals surface area (Å²) >= 11 is 0. The van der Waals surface area contributed by atoms with Crippen molar-refractivity contribution >= 4 is 5.97 Å². The second kappa shape index (κ2) is 10.5. The molecule has 2 aromatic carbocycles. The van der Waals surface area contributed by atoms with Gasteiger partial charge >= 0.3 is 12.1 Å². The first-order chi connectivity index (χ1) is 18.6. The summed E-state index contributed by atoms with van der Waals surface area (Å²) < 4.78 is 57.9. The normalized spacial score (nSPS) is 17.9. The van der Waals surface area contributed by atoms with Crippen LogP contribution in [0.1, 0.15) is 37.0 Å². The molecule has 0 fully saturated rings. The fourth-order valence-electron chi connectivity index (χ4n) is 4.38. The van der Waals surface area contributed by atoms with Crippen molar-refractivity contribution in [3.63, 3.8) is 0 Å². The number of benzene rings is 2. The number of aliphatic carboxylic acids is 1. The van der Waals surface area contributed by atoms with Crippen molar-refractivity contribution in [2.75, 3.05) is 6.61 Å². The third kappa shape index (κ3) is 5.49. The van der Waals surface area contributed by atoms with E-state index in [1.165, 1.54) is 12.1 Å². The van der Waals surface area contributed by atoms with Gasteiger partial charge in [-0.2, -0.15) is 18.2 Å². The second-order valence-corrected chi connectivity index (χ2v) is 9.14. The van der Waals surface area contributed by atoms with Gasteiger partial charge in [0.1, 0.15) is 29.7 Å². The highest BCUT2D eigenvalue weighted by Gasteiger charge is 2.43. The van der Waals surface area contributed by atoms with Gasteiger partial charge in [0.25, 0.3) is 5.89 Å². The van der Waals surface area contributed by atoms with E-state index >= 15 is 0 Å². The predicted octanol–water partition coefficient (Wildman–Crippen LogP) is 4.71. The van der Waals surface area contributed by atoms with E-state index in [2.05, 4.69) is 20.6 Å². The molecule has 1 aliphatic heterocycles. The third-order valence-corrected chi connectivity index (χ3v) is 6.32. The van der Waals surface area contributed by atoms with Gasteiger partial charge in [-0.05, 0) is 19.4 Å². The molecule has 3 N–H and O–H groups in total. The maximum Gasteiger partial charge on any atom is 0.422 e. The van der Waals surface area contributed by atoms with E-state index in [9.17, 15) is 23.1 Å². The summed E-state index contributed by atoms with van der Waals surface area (Å²) in [6.45, 7) is 1.94. The summed E-state index contributed by atoms with van der Waals surface area (Å²) in [5.41, 5.74) is -0.437. The zero-order valence-electron chi connectivity index (χ0n) is 20.5. The Kier molecular flexibility index (Phi) is 7.10. The minimum atomic E-state index is -4.80. The fourth-order valence-corrected chi connectivity index (χ4v) is 4.38. The van der Waals surface area contributed by atoms with Crippen LogP contribution in [0.2, 0.25) is 0 Å². The Morgan fingerprint density at radius 3 is 2.62 bits per heavy atom. The van der Waals surface area contributed by atoms with Crippen LogP contribution in [0.5, 0.6) is 5.75 Å². The minimum Gasteiger partial charge on any atom is -0.491 e. The molecule has 5 rings (SSSR count). The maximum atomic E-state index is 14.0. The van der Waals surface area contributed by atoms with E-state index in [1.807, 2.05) is 6.92 Å². The van der Waals surface area contributed by atoms with Crippen molar-refractivity contribution < 1.29 is 42.0 Å². The van der Waals surface area contributed by atoms with E-state index in [1.54, 1.807) is 36.4 Å². The highest BCUT2D eigenvalue weighted by atomic mass is 19.4. The molecule has 3 heterocycles. The van der Waals surface area contributed by atoms with Gasteiger partial charge in [0.05, 0.1) is 6.04 Å². The number of nitrogens with zero attached hydrogens (tertiary/aromatic N) is 3. The van der Waals surface area contributed by atoms with Crippen LogP contribution < -0.4 is 10.1 Å². The molecular weight excluding hydrogens is 521 g/mol. The predicted molar refractivity (Wildman–Crippen MR) is 129 cm³/mol. The Hall–Kier alpha value is -4.23. The number of rotatable bonds is 8. The Morgan fingerprint density at radius 2 is 1.90 bits per heavy atom. The Bertz CT molecular complexity index is 1470. The lowest BCUT2D eigenvalue weighted by Gasteiger charge is -2.33. The van der Waals surface area contributed by atoms with Crippen molar-refractivity contribution in [1.29, 1.82) is 0 Å². The summed E-state index contributed by atoms with van der Waals surface area (Å²) in [6, 6.07) is 11.9. The molecule has 13 heteroatoms. The molecule has 0 amide bonds. The average molecular weight is 544 g/mol. The van der Waals surface area contributed by atoms with Crippen LogP contribution in [-0.2, 0) is 11.0 Å². The molecular formula is C26H23F3N4O6. The van der Waals surface area contributed by atoms with E-state index in [-0.39, 0.29) is 30.5 Å². The lowest BCUT2D eigenvalue weighted by atomic mass is 9.96. The van der Waals surface area contributed by atoms with Crippen LogP contribution in [0.25, 0.3) is 34.3 Å². The largest absolute Gasteiger partial charge is 0.491 e. The summed E-state index contributed by atoms with van der Waals surface area (Å²) in [5.74, 6) is -1.76. The lowest BCUT2D eigenvalue weighted by Crippen LogP contribution is -2.46. The fraction of sp³-hybridized carbons (Fsp3) is 0.308. The highest BCUT2D eigenvalue weighted by molar-refractivity contribution is 5.71. The third-order valence-electron chi connectivity index (χ3n) is 6.32. The molecule has 10 nitrogen and oxygen atoms in total. The molecule has 39 heavy (non-hydrogen) atoms. The van der Waals surface area contributed by atoms with Crippen LogP contribution in [0, 0.1) is 0 Å². The van der Waals surface area contributed by atoms with Crippen molar-refractivity contribution in [2.45, 2.75) is 44.1 Å². The number of aliphatic hydroxyl groups is 1. The van der Waals surface area contributed by atoms with Crippen LogP contribution in [0.15, 0.2) is 57.6 Å². The first-order valence-electron chi connectivity index (χ1n) is 12.0. The number of nitrogens with one attached hydrogen (secondary N) is 1. The topological polar surface area (TPSA) is 144 Å². The second-order valence-electron chi connectivity index (χ2n) is 9.14. The zero-order valence-corrected chi connectivity index (χ0v) is 20.5. The number of carboxylic acid groups (broad SMARTS) is 1. The minimum absolute atomic E-state index is 0.00340. The van der Waals surface area contributed by atoms with Crippen molar-refractivity contribution in [2.24, 2.45) is 0 Å². The molecule has 1 aliphatic rings. The van der Waals surface area contributed by atoms with E-state index in [0.29, 0.717) is 23.3 Å².